The van der Waals surface area contributed by atoms with Crippen LogP contribution in [0.1, 0.15) is 33.5 Å². The normalized spacial score (nSPS) is 14.7. The molecule has 0 fully saturated rings. The smallest absolute Gasteiger partial charge is 0.416 e. The van der Waals surface area contributed by atoms with E-state index < -0.39 is 41.7 Å². The molecule has 0 aliphatic carbocycles. The van der Waals surface area contributed by atoms with Crippen molar-refractivity contribution in [3.8, 4) is 17.0 Å². The van der Waals surface area contributed by atoms with Gasteiger partial charge in [-0.15, -0.1) is 0 Å². The zero-order valence-corrected chi connectivity index (χ0v) is 18.9. The first-order valence-electron chi connectivity index (χ1n) is 10.5. The number of hydrogen-bond acceptors (Lipinski definition) is 3. The molecule has 1 aliphatic rings. The highest BCUT2D eigenvalue weighted by atomic mass is 35.5. The monoisotopic (exact) mass is 532 g/mol. The number of fused-ring (bicyclic) bond motifs is 1. The maximum Gasteiger partial charge on any atom is 0.416 e. The fraction of sp³-hybridized carbons (Fsp3) is 0.250. The third-order valence-corrected chi connectivity index (χ3v) is 5.65. The van der Waals surface area contributed by atoms with Crippen molar-refractivity contribution < 1.29 is 40.3 Å². The summed E-state index contributed by atoms with van der Waals surface area (Å²) < 4.78 is 100.0. The van der Waals surface area contributed by atoms with Crippen molar-refractivity contribution in [3.05, 3.63) is 81.8 Å². The molecule has 4 nitrogen and oxygen atoms in total. The van der Waals surface area contributed by atoms with Gasteiger partial charge in [-0.05, 0) is 42.3 Å². The number of carbonyl (C=O) groups is 1. The number of carbonyl (C=O) groups excluding carboxylic acids is 1. The zero-order valence-electron chi connectivity index (χ0n) is 18.2. The molecule has 0 atom stereocenters. The summed E-state index contributed by atoms with van der Waals surface area (Å²) in [7, 11) is 0. The zero-order chi connectivity index (χ0) is 26.3. The van der Waals surface area contributed by atoms with Crippen molar-refractivity contribution in [3.63, 3.8) is 0 Å². The van der Waals surface area contributed by atoms with Crippen LogP contribution in [0.3, 0.4) is 0 Å². The van der Waals surface area contributed by atoms with E-state index in [9.17, 15) is 35.5 Å². The predicted octanol–water partition coefficient (Wildman–Crippen LogP) is 7.00. The highest BCUT2D eigenvalue weighted by molar-refractivity contribution is 6.30. The first-order valence-corrected chi connectivity index (χ1v) is 10.9. The molecule has 0 radical (unpaired) electrons. The molecular formula is C24H16ClF7N2O2. The van der Waals surface area contributed by atoms with Gasteiger partial charge in [0.1, 0.15) is 16.5 Å². The Bertz CT molecular complexity index is 1280. The van der Waals surface area contributed by atoms with Crippen LogP contribution in [0.15, 0.2) is 48.5 Å². The van der Waals surface area contributed by atoms with Crippen molar-refractivity contribution in [2.45, 2.75) is 25.3 Å². The molecule has 36 heavy (non-hydrogen) atoms. The second kappa shape index (κ2) is 9.61. The topological polar surface area (TPSA) is 42.4 Å². The summed E-state index contributed by atoms with van der Waals surface area (Å²) in [5.74, 6) is -1.70. The molecule has 4 rings (SSSR count). The van der Waals surface area contributed by atoms with E-state index in [0.29, 0.717) is 12.1 Å². The third-order valence-electron chi connectivity index (χ3n) is 5.45. The van der Waals surface area contributed by atoms with Gasteiger partial charge in [0.15, 0.2) is 0 Å². The Balaban J connectivity index is 1.81. The van der Waals surface area contributed by atoms with Crippen molar-refractivity contribution >= 4 is 17.5 Å². The van der Waals surface area contributed by atoms with Gasteiger partial charge in [-0.25, -0.2) is 9.37 Å². The van der Waals surface area contributed by atoms with E-state index in [1.165, 1.54) is 24.3 Å². The third kappa shape index (κ3) is 5.40. The Morgan fingerprint density at radius 3 is 2.19 bits per heavy atom. The molecular weight excluding hydrogens is 517 g/mol. The van der Waals surface area contributed by atoms with E-state index in [-0.39, 0.29) is 58.9 Å². The number of nitrogens with zero attached hydrogens (tertiary/aromatic N) is 2. The maximum absolute atomic E-state index is 14.6. The Morgan fingerprint density at radius 1 is 0.944 bits per heavy atom. The van der Waals surface area contributed by atoms with Crippen molar-refractivity contribution in [2.24, 2.45) is 0 Å². The molecule has 3 aromatic rings. The van der Waals surface area contributed by atoms with Crippen LogP contribution in [0.2, 0.25) is 5.15 Å². The molecule has 1 aliphatic heterocycles. The SMILES string of the molecule is O=C1c2c(-c3ccccc3F)cc(Cl)nc2OCCCN1Cc1cc(C(F)(F)F)cc(C(F)(F)F)c1. The van der Waals surface area contributed by atoms with Gasteiger partial charge in [0.05, 0.1) is 17.7 Å². The van der Waals surface area contributed by atoms with E-state index >= 15 is 0 Å². The van der Waals surface area contributed by atoms with Gasteiger partial charge < -0.3 is 9.64 Å². The average Bonchev–Trinajstić information content (AvgIpc) is 2.78. The van der Waals surface area contributed by atoms with E-state index in [4.69, 9.17) is 16.3 Å². The number of rotatable bonds is 3. The summed E-state index contributed by atoms with van der Waals surface area (Å²) in [4.78, 5) is 18.6. The van der Waals surface area contributed by atoms with Crippen molar-refractivity contribution in [1.29, 1.82) is 0 Å². The van der Waals surface area contributed by atoms with Crippen LogP contribution >= 0.6 is 11.6 Å². The summed E-state index contributed by atoms with van der Waals surface area (Å²) in [6.45, 7) is -0.586. The van der Waals surface area contributed by atoms with E-state index in [1.54, 1.807) is 0 Å². The van der Waals surface area contributed by atoms with Crippen LogP contribution in [0.4, 0.5) is 30.7 Å². The molecule has 190 valence electrons. The summed E-state index contributed by atoms with van der Waals surface area (Å²) in [6, 6.07) is 7.89. The van der Waals surface area contributed by atoms with Gasteiger partial charge in [-0.1, -0.05) is 29.8 Å². The molecule has 0 spiro atoms. The number of amides is 1. The van der Waals surface area contributed by atoms with Crippen LogP contribution in [-0.4, -0.2) is 28.9 Å². The minimum absolute atomic E-state index is 0.00560. The Morgan fingerprint density at radius 2 is 1.58 bits per heavy atom. The quantitative estimate of drug-likeness (QED) is 0.269. The second-order valence-electron chi connectivity index (χ2n) is 8.00. The molecule has 2 heterocycles. The number of alkyl halides is 6. The van der Waals surface area contributed by atoms with Crippen molar-refractivity contribution in [1.82, 2.24) is 9.88 Å². The molecule has 0 N–H and O–H groups in total. The number of aromatic nitrogens is 1. The molecule has 0 bridgehead atoms. The van der Waals surface area contributed by atoms with Gasteiger partial charge in [-0.2, -0.15) is 26.3 Å². The minimum Gasteiger partial charge on any atom is -0.477 e. The van der Waals surface area contributed by atoms with Gasteiger partial charge in [0.25, 0.3) is 5.91 Å². The minimum atomic E-state index is -5.03. The number of hydrogen-bond donors (Lipinski definition) is 0. The number of ether oxygens (including phenoxy) is 1. The van der Waals surface area contributed by atoms with Crippen molar-refractivity contribution in [2.75, 3.05) is 13.2 Å². The summed E-state index contributed by atoms with van der Waals surface area (Å²) in [6.07, 6.45) is -9.86. The first kappa shape index (κ1) is 25.7. The number of halogens is 8. The second-order valence-corrected chi connectivity index (χ2v) is 8.38. The predicted molar refractivity (Wildman–Crippen MR) is 116 cm³/mol. The van der Waals surface area contributed by atoms with Crippen LogP contribution in [0, 0.1) is 5.82 Å². The summed E-state index contributed by atoms with van der Waals surface area (Å²) >= 11 is 6.06. The van der Waals surface area contributed by atoms with Crippen LogP contribution in [0.5, 0.6) is 5.88 Å². The highest BCUT2D eigenvalue weighted by Gasteiger charge is 2.37. The van der Waals surface area contributed by atoms with Gasteiger partial charge in [0.2, 0.25) is 5.88 Å². The molecule has 2 aromatic carbocycles. The highest BCUT2D eigenvalue weighted by Crippen LogP contribution is 2.38. The Kier molecular flexibility index (Phi) is 6.87. The Labute approximate surface area is 205 Å². The van der Waals surface area contributed by atoms with Gasteiger partial charge in [-0.3, -0.25) is 4.79 Å². The fourth-order valence-corrected chi connectivity index (χ4v) is 4.05. The Hall–Kier alpha value is -3.34. The first-order chi connectivity index (χ1) is 16.8. The lowest BCUT2D eigenvalue weighted by Gasteiger charge is -2.28. The fourth-order valence-electron chi connectivity index (χ4n) is 3.86. The maximum atomic E-state index is 14.6. The van der Waals surface area contributed by atoms with E-state index in [0.717, 1.165) is 11.0 Å². The van der Waals surface area contributed by atoms with E-state index in [2.05, 4.69) is 4.98 Å². The van der Waals surface area contributed by atoms with Gasteiger partial charge in [0, 0.05) is 24.2 Å². The van der Waals surface area contributed by atoms with Crippen LogP contribution < -0.4 is 4.74 Å². The summed E-state index contributed by atoms with van der Waals surface area (Å²) in [5.41, 5.74) is -3.53. The largest absolute Gasteiger partial charge is 0.477 e. The van der Waals surface area contributed by atoms with Crippen LogP contribution in [-0.2, 0) is 18.9 Å². The number of pyridine rings is 1. The lowest BCUT2D eigenvalue weighted by Crippen LogP contribution is -2.35. The van der Waals surface area contributed by atoms with Gasteiger partial charge >= 0.3 is 12.4 Å². The molecule has 12 heteroatoms. The van der Waals surface area contributed by atoms with Crippen LogP contribution in [0.25, 0.3) is 11.1 Å². The summed E-state index contributed by atoms with van der Waals surface area (Å²) in [5, 5.41) is -0.0976. The lowest BCUT2D eigenvalue weighted by molar-refractivity contribution is -0.143. The molecule has 1 aromatic heterocycles. The molecule has 0 saturated carbocycles. The average molecular weight is 533 g/mol. The standard InChI is InChI=1S/C24H16ClF7N2O2/c25-19-11-17(16-4-1-2-5-18(16)26)20-21(33-19)36-7-3-6-34(22(20)35)12-13-8-14(23(27,28)29)10-15(9-13)24(30,31)32/h1-2,4-5,8-11H,3,6-7,12H2. The molecule has 1 amide bonds. The van der Waals surface area contributed by atoms with E-state index in [1.807, 2.05) is 0 Å². The lowest BCUT2D eigenvalue weighted by atomic mass is 9.98. The number of benzene rings is 2. The molecule has 0 unspecified atom stereocenters. The molecule has 0 saturated heterocycles.